The summed E-state index contributed by atoms with van der Waals surface area (Å²) in [5, 5.41) is 0.724. The highest BCUT2D eigenvalue weighted by Crippen LogP contribution is 2.38. The Morgan fingerprint density at radius 2 is 1.76 bits per heavy atom. The average Bonchev–Trinajstić information content (AvgIpc) is 2.77. The maximum absolute atomic E-state index is 12.9. The first-order valence-electron chi connectivity index (χ1n) is 9.22. The molecular weight excluding hydrogens is 388 g/mol. The zero-order valence-corrected chi connectivity index (χ0v) is 17.6. The molecule has 152 valence electrons. The van der Waals surface area contributed by atoms with Crippen LogP contribution >= 0.6 is 11.8 Å². The molecule has 1 fully saturated rings. The number of methoxy groups -OCH3 is 3. The van der Waals surface area contributed by atoms with E-state index in [2.05, 4.69) is 4.99 Å². The summed E-state index contributed by atoms with van der Waals surface area (Å²) in [4.78, 5) is 19.2. The number of amidine groups is 1. The molecule has 1 amide bonds. The van der Waals surface area contributed by atoms with Crippen molar-refractivity contribution < 1.29 is 19.0 Å². The molecule has 0 saturated carbocycles. The van der Waals surface area contributed by atoms with Crippen LogP contribution in [-0.4, -0.2) is 49.6 Å². The molecule has 2 aromatic rings. The highest BCUT2D eigenvalue weighted by atomic mass is 32.2. The lowest BCUT2D eigenvalue weighted by molar-refractivity contribution is -0.122. The van der Waals surface area contributed by atoms with Gasteiger partial charge in [0.2, 0.25) is 5.75 Å². The molecule has 1 saturated heterocycles. The van der Waals surface area contributed by atoms with Crippen LogP contribution in [0.3, 0.4) is 0 Å². The van der Waals surface area contributed by atoms with Gasteiger partial charge in [0.05, 0.1) is 27.0 Å². The second-order valence-corrected chi connectivity index (χ2v) is 7.28. The first kappa shape index (κ1) is 20.8. The van der Waals surface area contributed by atoms with Gasteiger partial charge in [-0.2, -0.15) is 0 Å². The molecule has 2 aromatic carbocycles. The third kappa shape index (κ3) is 5.12. The molecule has 0 atom stereocenters. The van der Waals surface area contributed by atoms with E-state index >= 15 is 0 Å². The smallest absolute Gasteiger partial charge is 0.252 e. The number of nitrogens with zero attached hydrogens (tertiary/aromatic N) is 2. The molecule has 0 radical (unpaired) electrons. The first-order valence-corrected chi connectivity index (χ1v) is 10.2. The minimum Gasteiger partial charge on any atom is -0.493 e. The van der Waals surface area contributed by atoms with Gasteiger partial charge in [0.25, 0.3) is 5.91 Å². The van der Waals surface area contributed by atoms with Crippen molar-refractivity contribution >= 4 is 34.6 Å². The Kier molecular flexibility index (Phi) is 7.19. The van der Waals surface area contributed by atoms with Crippen LogP contribution in [-0.2, 0) is 4.79 Å². The Morgan fingerprint density at radius 1 is 1.07 bits per heavy atom. The van der Waals surface area contributed by atoms with Gasteiger partial charge in [0, 0.05) is 18.4 Å². The number of aliphatic imine (C=N–C) groups is 1. The molecule has 0 aromatic heterocycles. The highest BCUT2D eigenvalue weighted by molar-refractivity contribution is 8.13. The third-order valence-electron chi connectivity index (χ3n) is 4.34. The number of rotatable bonds is 6. The zero-order valence-electron chi connectivity index (χ0n) is 16.8. The maximum atomic E-state index is 12.9. The second-order valence-electron chi connectivity index (χ2n) is 6.21. The summed E-state index contributed by atoms with van der Waals surface area (Å²) in [6.07, 6.45) is 4.22. The van der Waals surface area contributed by atoms with Crippen molar-refractivity contribution in [3.05, 3.63) is 54.1 Å². The van der Waals surface area contributed by atoms with Gasteiger partial charge in [-0.05, 0) is 42.3 Å². The van der Waals surface area contributed by atoms with Crippen molar-refractivity contribution in [1.82, 2.24) is 4.90 Å². The number of carbonyl (C=O) groups is 1. The number of amides is 1. The largest absolute Gasteiger partial charge is 0.493 e. The molecule has 1 aliphatic heterocycles. The molecular formula is C22H24N2O4S. The maximum Gasteiger partial charge on any atom is 0.252 e. The predicted octanol–water partition coefficient (Wildman–Crippen LogP) is 4.38. The van der Waals surface area contributed by atoms with E-state index in [0.29, 0.717) is 23.8 Å². The van der Waals surface area contributed by atoms with Crippen molar-refractivity contribution in [3.63, 3.8) is 0 Å². The number of ether oxygens (including phenoxy) is 3. The summed E-state index contributed by atoms with van der Waals surface area (Å²) in [7, 11) is 4.68. The zero-order chi connectivity index (χ0) is 20.6. The molecule has 0 N–H and O–H groups in total. The molecule has 0 bridgehead atoms. The van der Waals surface area contributed by atoms with Gasteiger partial charge in [0.1, 0.15) is 0 Å². The van der Waals surface area contributed by atoms with Crippen LogP contribution in [0.1, 0.15) is 12.0 Å². The summed E-state index contributed by atoms with van der Waals surface area (Å²) in [5.41, 5.74) is 1.61. The summed E-state index contributed by atoms with van der Waals surface area (Å²) in [5.74, 6) is 2.44. The summed E-state index contributed by atoms with van der Waals surface area (Å²) < 4.78 is 16.1. The fourth-order valence-electron chi connectivity index (χ4n) is 2.92. The average molecular weight is 413 g/mol. The Balaban J connectivity index is 1.83. The third-order valence-corrected chi connectivity index (χ3v) is 5.40. The van der Waals surface area contributed by atoms with Crippen LogP contribution in [0.4, 0.5) is 5.69 Å². The van der Waals surface area contributed by atoms with Crippen molar-refractivity contribution in [1.29, 1.82) is 0 Å². The summed E-state index contributed by atoms with van der Waals surface area (Å²) in [6.45, 7) is 0.650. The van der Waals surface area contributed by atoms with Crippen molar-refractivity contribution in [2.45, 2.75) is 6.42 Å². The number of carbonyl (C=O) groups excluding carboxylic acids is 1. The minimum atomic E-state index is -0.111. The van der Waals surface area contributed by atoms with Gasteiger partial charge in [-0.1, -0.05) is 30.0 Å². The van der Waals surface area contributed by atoms with Gasteiger partial charge in [-0.15, -0.1) is 0 Å². The molecule has 0 unspecified atom stereocenters. The first-order chi connectivity index (χ1) is 14.2. The SMILES string of the molecule is COc1cc(/C=C/C(=O)N2CCCSC2=Nc2ccccc2)cc(OC)c1OC. The van der Waals surface area contributed by atoms with Crippen LogP contribution in [0.25, 0.3) is 6.08 Å². The van der Waals surface area contributed by atoms with Crippen LogP contribution in [0.5, 0.6) is 17.2 Å². The van der Waals surface area contributed by atoms with Gasteiger partial charge in [0.15, 0.2) is 16.7 Å². The van der Waals surface area contributed by atoms with Gasteiger partial charge in [-0.3, -0.25) is 9.69 Å². The van der Waals surface area contributed by atoms with Gasteiger partial charge in [-0.25, -0.2) is 4.99 Å². The van der Waals surface area contributed by atoms with E-state index in [1.165, 1.54) is 0 Å². The molecule has 7 heteroatoms. The van der Waals surface area contributed by atoms with E-state index < -0.39 is 0 Å². The molecule has 1 heterocycles. The Bertz CT molecular complexity index is 887. The number of benzene rings is 2. The predicted molar refractivity (Wildman–Crippen MR) is 117 cm³/mol. The topological polar surface area (TPSA) is 60.4 Å². The van der Waals surface area contributed by atoms with Crippen molar-refractivity contribution in [2.24, 2.45) is 4.99 Å². The van der Waals surface area contributed by atoms with Crippen LogP contribution in [0.2, 0.25) is 0 Å². The quantitative estimate of drug-likeness (QED) is 0.659. The number of hydrogen-bond donors (Lipinski definition) is 0. The fourth-order valence-corrected chi connectivity index (χ4v) is 3.89. The fraction of sp³-hybridized carbons (Fsp3) is 0.273. The monoisotopic (exact) mass is 412 g/mol. The van der Waals surface area contributed by atoms with Crippen LogP contribution < -0.4 is 14.2 Å². The standard InChI is InChI=1S/C22H24N2O4S/c1-26-18-14-16(15-19(27-2)21(18)28-3)10-11-20(25)24-12-7-13-29-22(24)23-17-8-5-4-6-9-17/h4-6,8-11,14-15H,7,12-13H2,1-3H3/b11-10+,23-22?. The van der Waals surface area contributed by atoms with Crippen molar-refractivity contribution in [2.75, 3.05) is 33.6 Å². The lowest BCUT2D eigenvalue weighted by atomic mass is 10.1. The number of hydrogen-bond acceptors (Lipinski definition) is 6. The molecule has 0 aliphatic carbocycles. The van der Waals surface area contributed by atoms with Crippen LogP contribution in [0, 0.1) is 0 Å². The van der Waals surface area contributed by atoms with Gasteiger partial charge < -0.3 is 14.2 Å². The Morgan fingerprint density at radius 3 is 2.38 bits per heavy atom. The normalized spacial score (nSPS) is 15.6. The molecule has 3 rings (SSSR count). The number of thioether (sulfide) groups is 1. The van der Waals surface area contributed by atoms with E-state index in [-0.39, 0.29) is 5.91 Å². The molecule has 29 heavy (non-hydrogen) atoms. The Hall–Kier alpha value is -2.93. The molecule has 0 spiro atoms. The van der Waals surface area contributed by atoms with E-state index in [1.54, 1.807) is 62.3 Å². The summed E-state index contributed by atoms with van der Waals surface area (Å²) in [6, 6.07) is 13.3. The van der Waals surface area contributed by atoms with E-state index in [0.717, 1.165) is 28.6 Å². The van der Waals surface area contributed by atoms with E-state index in [4.69, 9.17) is 14.2 Å². The minimum absolute atomic E-state index is 0.111. The van der Waals surface area contributed by atoms with E-state index in [9.17, 15) is 4.79 Å². The van der Waals surface area contributed by atoms with Gasteiger partial charge >= 0.3 is 0 Å². The molecule has 6 nitrogen and oxygen atoms in total. The van der Waals surface area contributed by atoms with E-state index in [1.807, 2.05) is 30.3 Å². The lowest BCUT2D eigenvalue weighted by Gasteiger charge is -2.26. The molecule has 1 aliphatic rings. The summed E-state index contributed by atoms with van der Waals surface area (Å²) >= 11 is 1.60. The number of para-hydroxylation sites is 1. The lowest BCUT2D eigenvalue weighted by Crippen LogP contribution is -2.38. The second kappa shape index (κ2) is 10.0. The van der Waals surface area contributed by atoms with Crippen LogP contribution in [0.15, 0.2) is 53.5 Å². The van der Waals surface area contributed by atoms with Crippen molar-refractivity contribution in [3.8, 4) is 17.2 Å². The Labute approximate surface area is 175 Å². The highest BCUT2D eigenvalue weighted by Gasteiger charge is 2.22.